The maximum atomic E-state index is 4.81. The molecule has 3 heteroatoms. The smallest absolute Gasteiger partial charge is 0.0964 e. The number of hydrogen-bond donors (Lipinski definition) is 0. The predicted molar refractivity (Wildman–Crippen MR) is 110 cm³/mol. The minimum atomic E-state index is -0.419. The Hall–Kier alpha value is -2.07. The molecular weight excluding hydrogens is 528 g/mol. The molecule has 1 atom stereocenters. The molecule has 0 aliphatic rings. The molecule has 0 aliphatic heterocycles. The fraction of sp³-hybridized carbons (Fsp3) is 0.0417. The second-order valence-corrected chi connectivity index (χ2v) is 7.92. The summed E-state index contributed by atoms with van der Waals surface area (Å²) in [6.07, 6.45) is 0.885. The van der Waals surface area contributed by atoms with Crippen LogP contribution in [-0.4, -0.2) is 4.98 Å². The van der Waals surface area contributed by atoms with Crippen molar-refractivity contribution in [2.24, 2.45) is 0 Å². The first kappa shape index (κ1) is 19.7. The van der Waals surface area contributed by atoms with Crippen LogP contribution in [0.2, 0.25) is 0 Å². The molecule has 0 radical (unpaired) electrons. The van der Waals surface area contributed by atoms with Crippen LogP contribution in [0.3, 0.4) is 0 Å². The van der Waals surface area contributed by atoms with Gasteiger partial charge in [-0.05, 0) is 31.1 Å². The minimum Gasteiger partial charge on any atom is -0.345 e. The molecule has 0 aliphatic carbocycles. The molecule has 0 bridgehead atoms. The molecule has 0 amide bonds. The number of pyridine rings is 1. The molecule has 2 aromatic heterocycles. The number of nitrogens with zero attached hydrogens (tertiary/aromatic N) is 1. The Morgan fingerprint density at radius 1 is 0.815 bits per heavy atom. The van der Waals surface area contributed by atoms with Gasteiger partial charge in [-0.25, -0.2) is 0 Å². The molecule has 2 aromatic carbocycles. The number of aromatic nitrogens is 1. The van der Waals surface area contributed by atoms with Gasteiger partial charge in [0.25, 0.3) is 0 Å². The van der Waals surface area contributed by atoms with Crippen molar-refractivity contribution in [3.63, 3.8) is 0 Å². The second kappa shape index (κ2) is 9.22. The van der Waals surface area contributed by atoms with Crippen molar-refractivity contribution < 1.29 is 21.1 Å². The summed E-state index contributed by atoms with van der Waals surface area (Å²) in [6.45, 7) is 4.26. The maximum Gasteiger partial charge on any atom is 0.0964 e. The summed E-state index contributed by atoms with van der Waals surface area (Å²) in [5.74, 6) is 2.19. The largest absolute Gasteiger partial charge is 0.345 e. The van der Waals surface area contributed by atoms with Gasteiger partial charge >= 0.3 is 0 Å². The van der Waals surface area contributed by atoms with Crippen molar-refractivity contribution in [3.05, 3.63) is 114 Å². The van der Waals surface area contributed by atoms with Gasteiger partial charge in [-0.1, -0.05) is 24.3 Å². The molecule has 0 N–H and O–H groups in total. The maximum absolute atomic E-state index is 4.81. The third kappa shape index (κ3) is 4.81. The van der Waals surface area contributed by atoms with E-state index in [0.717, 1.165) is 28.9 Å². The van der Waals surface area contributed by atoms with Crippen LogP contribution in [0.5, 0.6) is 0 Å². The fourth-order valence-corrected chi connectivity index (χ4v) is 4.07. The zero-order chi connectivity index (χ0) is 17.8. The first-order valence-corrected chi connectivity index (χ1v) is 10.2. The van der Waals surface area contributed by atoms with Crippen molar-refractivity contribution >= 4 is 7.53 Å². The molecule has 4 rings (SSSR count). The van der Waals surface area contributed by atoms with E-state index in [-0.39, 0.29) is 21.1 Å². The van der Waals surface area contributed by atoms with E-state index in [2.05, 4.69) is 61.0 Å². The van der Waals surface area contributed by atoms with E-state index >= 15 is 0 Å². The van der Waals surface area contributed by atoms with Gasteiger partial charge < -0.3 is 4.98 Å². The summed E-state index contributed by atoms with van der Waals surface area (Å²) in [5.41, 5.74) is 5.06. The van der Waals surface area contributed by atoms with Gasteiger partial charge in [0, 0.05) is 27.5 Å². The normalized spacial score (nSPS) is 10.9. The Balaban J connectivity index is 0.00000210. The van der Waals surface area contributed by atoms with Gasteiger partial charge in [-0.3, -0.25) is 0 Å². The standard InChI is InChI=1S/C24H18NP.Pt/c1-26-16-6-5-13-22(26)18-19-9-7-12-21(17-19)24-15-8-14-23(25-24)20-10-3-2-4-11-20;/h2-10,12-16H,1,18H2;/q-2;. The Morgan fingerprint density at radius 2 is 1.56 bits per heavy atom. The average Bonchev–Trinajstić information content (AvgIpc) is 2.71. The van der Waals surface area contributed by atoms with Crippen molar-refractivity contribution in [2.45, 2.75) is 6.42 Å². The summed E-state index contributed by atoms with van der Waals surface area (Å²) in [4.78, 5) is 4.81. The number of benzene rings is 2. The van der Waals surface area contributed by atoms with Gasteiger partial charge in [0.1, 0.15) is 0 Å². The van der Waals surface area contributed by atoms with Gasteiger partial charge in [0.15, 0.2) is 0 Å². The SMILES string of the molecule is [CH2-][p+]1ccccc1Cc1[c-]c(-c2cccc(-c3[c-]cccc3)n2)ccc1.[Pt]. The second-order valence-electron chi connectivity index (χ2n) is 6.11. The molecule has 0 saturated carbocycles. The van der Waals surface area contributed by atoms with E-state index < -0.39 is 7.53 Å². The minimum absolute atomic E-state index is 0. The Morgan fingerprint density at radius 3 is 2.33 bits per heavy atom. The summed E-state index contributed by atoms with van der Waals surface area (Å²) in [6, 6.07) is 33.4. The van der Waals surface area contributed by atoms with Crippen LogP contribution in [0.15, 0.2) is 84.7 Å². The molecule has 2 heterocycles. The molecular formula is C24H18NPPt-2. The third-order valence-corrected chi connectivity index (χ3v) is 5.85. The van der Waals surface area contributed by atoms with Crippen LogP contribution >= 0.6 is 7.53 Å². The predicted octanol–water partition coefficient (Wildman–Crippen LogP) is 6.51. The Bertz CT molecular complexity index is 1030. The van der Waals surface area contributed by atoms with E-state index in [0.29, 0.717) is 0 Å². The van der Waals surface area contributed by atoms with Crippen molar-refractivity contribution in [2.75, 3.05) is 0 Å². The van der Waals surface area contributed by atoms with Crippen LogP contribution in [0.4, 0.5) is 0 Å². The molecule has 0 spiro atoms. The monoisotopic (exact) mass is 546 g/mol. The fourth-order valence-electron chi connectivity index (χ4n) is 2.92. The first-order chi connectivity index (χ1) is 12.8. The van der Waals surface area contributed by atoms with E-state index in [1.54, 1.807) is 0 Å². The Kier molecular flexibility index (Phi) is 6.72. The van der Waals surface area contributed by atoms with Gasteiger partial charge in [-0.15, -0.1) is 78.0 Å². The summed E-state index contributed by atoms with van der Waals surface area (Å²) < 4.78 is 0. The Labute approximate surface area is 176 Å². The number of rotatable bonds is 4. The summed E-state index contributed by atoms with van der Waals surface area (Å²) in [7, 11) is -0.419. The van der Waals surface area contributed by atoms with Crippen LogP contribution in [-0.2, 0) is 27.5 Å². The van der Waals surface area contributed by atoms with Crippen molar-refractivity contribution in [3.8, 4) is 22.5 Å². The van der Waals surface area contributed by atoms with Gasteiger partial charge in [0.2, 0.25) is 0 Å². The van der Waals surface area contributed by atoms with Crippen molar-refractivity contribution in [1.29, 1.82) is 0 Å². The molecule has 136 valence electrons. The molecule has 0 fully saturated rings. The number of hydrogen-bond acceptors (Lipinski definition) is 1. The summed E-state index contributed by atoms with van der Waals surface area (Å²) in [5, 5.41) is 1.37. The van der Waals surface area contributed by atoms with E-state index in [9.17, 15) is 0 Å². The first-order valence-electron chi connectivity index (χ1n) is 8.56. The topological polar surface area (TPSA) is 12.9 Å². The zero-order valence-corrected chi connectivity index (χ0v) is 17.9. The molecule has 4 aromatic rings. The summed E-state index contributed by atoms with van der Waals surface area (Å²) >= 11 is 0. The quantitative estimate of drug-likeness (QED) is 0.266. The zero-order valence-electron chi connectivity index (χ0n) is 14.7. The molecule has 1 nitrogen and oxygen atoms in total. The van der Waals surface area contributed by atoms with Crippen LogP contribution < -0.4 is 0 Å². The van der Waals surface area contributed by atoms with Crippen molar-refractivity contribution in [1.82, 2.24) is 4.98 Å². The van der Waals surface area contributed by atoms with E-state index in [4.69, 9.17) is 4.98 Å². The molecule has 27 heavy (non-hydrogen) atoms. The van der Waals surface area contributed by atoms with Crippen LogP contribution in [0, 0.1) is 18.8 Å². The average molecular weight is 546 g/mol. The molecule has 0 saturated heterocycles. The molecule has 1 unspecified atom stereocenters. The van der Waals surface area contributed by atoms with E-state index in [1.807, 2.05) is 42.5 Å². The van der Waals surface area contributed by atoms with Crippen LogP contribution in [0.1, 0.15) is 10.9 Å². The van der Waals surface area contributed by atoms with Gasteiger partial charge in [-0.2, -0.15) is 0 Å². The van der Waals surface area contributed by atoms with E-state index in [1.165, 1.54) is 10.9 Å². The van der Waals surface area contributed by atoms with Gasteiger partial charge in [0.05, 0.1) is 11.1 Å². The van der Waals surface area contributed by atoms with Crippen LogP contribution in [0.25, 0.3) is 22.5 Å². The third-order valence-electron chi connectivity index (χ3n) is 4.27.